The molecule has 0 radical (unpaired) electrons. The Morgan fingerprint density at radius 2 is 1.21 bits per heavy atom. The van der Waals surface area contributed by atoms with Crippen molar-refractivity contribution in [3.05, 3.63) is 58.7 Å². The van der Waals surface area contributed by atoms with Crippen LogP contribution in [0, 0.1) is 5.92 Å². The average Bonchev–Trinajstić information content (AvgIpc) is 2.53. The van der Waals surface area contributed by atoms with Crippen LogP contribution in [-0.4, -0.2) is 14.8 Å². The van der Waals surface area contributed by atoms with Crippen LogP contribution in [0.15, 0.2) is 36.4 Å². The zero-order valence-corrected chi connectivity index (χ0v) is 20.0. The van der Waals surface area contributed by atoms with E-state index in [0.29, 0.717) is 5.92 Å². The molecular formula is C25H35AlO2. The fourth-order valence-electron chi connectivity index (χ4n) is 3.88. The SMILES string of the molecule is CC(C)[CH2][Al]1[O]c2c(cccc2C(C)(C)C)Cc2cccc(C(C)(C)C)c2[O]1. The van der Waals surface area contributed by atoms with Crippen molar-refractivity contribution in [2.45, 2.75) is 77.9 Å². The third-order valence-electron chi connectivity index (χ3n) is 5.35. The Morgan fingerprint density at radius 1 is 0.786 bits per heavy atom. The van der Waals surface area contributed by atoms with E-state index in [0.717, 1.165) is 23.2 Å². The monoisotopic (exact) mass is 394 g/mol. The molecule has 2 nitrogen and oxygen atoms in total. The summed E-state index contributed by atoms with van der Waals surface area (Å²) in [6, 6.07) is 13.2. The van der Waals surface area contributed by atoms with Gasteiger partial charge in [0.05, 0.1) is 11.5 Å². The van der Waals surface area contributed by atoms with E-state index in [9.17, 15) is 0 Å². The highest BCUT2D eigenvalue weighted by Gasteiger charge is 2.39. The molecule has 0 saturated heterocycles. The van der Waals surface area contributed by atoms with Crippen LogP contribution in [0.5, 0.6) is 11.5 Å². The van der Waals surface area contributed by atoms with Gasteiger partial charge >= 0.3 is 14.8 Å². The first-order valence-corrected chi connectivity index (χ1v) is 12.3. The van der Waals surface area contributed by atoms with Gasteiger partial charge in [-0.15, -0.1) is 0 Å². The molecule has 1 aliphatic heterocycles. The smallest absolute Gasteiger partial charge is 0.611 e. The summed E-state index contributed by atoms with van der Waals surface area (Å²) in [5, 5.41) is 0.996. The van der Waals surface area contributed by atoms with Crippen LogP contribution < -0.4 is 7.58 Å². The summed E-state index contributed by atoms with van der Waals surface area (Å²) in [5.74, 6) is 2.69. The number of hydrogen-bond acceptors (Lipinski definition) is 2. The Labute approximate surface area is 176 Å². The normalized spacial score (nSPS) is 14.5. The van der Waals surface area contributed by atoms with E-state index in [1.807, 2.05) is 0 Å². The summed E-state index contributed by atoms with van der Waals surface area (Å²) in [4.78, 5) is 0. The molecular weight excluding hydrogens is 359 g/mol. The molecule has 0 amide bonds. The van der Waals surface area contributed by atoms with Crippen LogP contribution in [-0.2, 0) is 17.3 Å². The van der Waals surface area contributed by atoms with Crippen LogP contribution in [0.25, 0.3) is 0 Å². The second-order valence-electron chi connectivity index (χ2n) is 10.6. The van der Waals surface area contributed by atoms with Crippen molar-refractivity contribution in [1.82, 2.24) is 0 Å². The van der Waals surface area contributed by atoms with Gasteiger partial charge in [-0.2, -0.15) is 0 Å². The van der Waals surface area contributed by atoms with Crippen molar-refractivity contribution < 1.29 is 7.58 Å². The molecule has 2 aromatic carbocycles. The highest BCUT2D eigenvalue weighted by molar-refractivity contribution is 6.46. The molecule has 0 saturated carbocycles. The van der Waals surface area contributed by atoms with Gasteiger partial charge in [-0.05, 0) is 38.4 Å². The zero-order valence-electron chi connectivity index (χ0n) is 18.8. The lowest BCUT2D eigenvalue weighted by molar-refractivity contribution is 0.384. The van der Waals surface area contributed by atoms with Gasteiger partial charge in [0.15, 0.2) is 0 Å². The predicted octanol–water partition coefficient (Wildman–Crippen LogP) is 6.79. The molecule has 0 N–H and O–H groups in total. The maximum Gasteiger partial charge on any atom is 0.857 e. The largest absolute Gasteiger partial charge is 0.857 e. The summed E-state index contributed by atoms with van der Waals surface area (Å²) in [6.07, 6.45) is 0.849. The minimum atomic E-state index is -1.93. The van der Waals surface area contributed by atoms with Crippen LogP contribution in [0.1, 0.15) is 77.6 Å². The molecule has 0 spiro atoms. The standard InChI is InChI=1S/C21H28O2.C4H9.Al/c1-20(2,3)16-11-7-9-14(18(16)22)13-15-10-8-12-17(19(15)23)21(4,5)6;1-4(2)3;/h7-12,22-23H,13H2,1-6H3;4H,1H2,2-3H3;/q;;+2/p-2. The van der Waals surface area contributed by atoms with Gasteiger partial charge in [0.25, 0.3) is 0 Å². The van der Waals surface area contributed by atoms with Gasteiger partial charge in [-0.1, -0.05) is 97.7 Å². The van der Waals surface area contributed by atoms with Gasteiger partial charge in [0.1, 0.15) is 0 Å². The number of rotatable bonds is 2. The summed E-state index contributed by atoms with van der Waals surface area (Å²) in [6.45, 7) is 18.1. The molecule has 3 rings (SSSR count). The van der Waals surface area contributed by atoms with E-state index in [4.69, 9.17) is 7.58 Å². The lowest BCUT2D eigenvalue weighted by Crippen LogP contribution is -2.35. The zero-order chi connectivity index (χ0) is 20.7. The molecule has 0 bridgehead atoms. The Balaban J connectivity index is 2.19. The minimum Gasteiger partial charge on any atom is -0.611 e. The minimum absolute atomic E-state index is 0.0391. The number of benzene rings is 2. The van der Waals surface area contributed by atoms with E-state index in [1.165, 1.54) is 22.3 Å². The van der Waals surface area contributed by atoms with E-state index >= 15 is 0 Å². The number of para-hydroxylation sites is 2. The van der Waals surface area contributed by atoms with Crippen LogP contribution in [0.2, 0.25) is 5.28 Å². The van der Waals surface area contributed by atoms with Crippen LogP contribution >= 0.6 is 0 Å². The fourth-order valence-corrected chi connectivity index (χ4v) is 5.97. The van der Waals surface area contributed by atoms with E-state index in [-0.39, 0.29) is 10.8 Å². The molecule has 150 valence electrons. The number of fused-ring (bicyclic) bond motifs is 2. The predicted molar refractivity (Wildman–Crippen MR) is 120 cm³/mol. The van der Waals surface area contributed by atoms with Gasteiger partial charge in [-0.25, -0.2) is 0 Å². The van der Waals surface area contributed by atoms with Gasteiger partial charge < -0.3 is 7.58 Å². The third kappa shape index (κ3) is 4.58. The first-order valence-electron chi connectivity index (χ1n) is 10.5. The Kier molecular flexibility index (Phi) is 5.91. The maximum atomic E-state index is 6.75. The Morgan fingerprint density at radius 3 is 1.57 bits per heavy atom. The second kappa shape index (κ2) is 7.77. The molecule has 2 aromatic rings. The quantitative estimate of drug-likeness (QED) is 0.522. The van der Waals surface area contributed by atoms with E-state index < -0.39 is 14.8 Å². The molecule has 3 heteroatoms. The highest BCUT2D eigenvalue weighted by atomic mass is 27.2. The maximum absolute atomic E-state index is 6.75. The van der Waals surface area contributed by atoms with Crippen molar-refractivity contribution in [2.75, 3.05) is 0 Å². The summed E-state index contributed by atoms with van der Waals surface area (Å²) >= 11 is -1.93. The lowest BCUT2D eigenvalue weighted by atomic mass is 9.83. The van der Waals surface area contributed by atoms with Crippen LogP contribution in [0.3, 0.4) is 0 Å². The summed E-state index contributed by atoms with van der Waals surface area (Å²) in [7, 11) is 0. The van der Waals surface area contributed by atoms with Gasteiger partial charge in [-0.3, -0.25) is 0 Å². The highest BCUT2D eigenvalue weighted by Crippen LogP contribution is 2.41. The molecule has 0 aromatic heterocycles. The topological polar surface area (TPSA) is 18.5 Å². The molecule has 1 heterocycles. The lowest BCUT2D eigenvalue weighted by Gasteiger charge is -2.33. The molecule has 28 heavy (non-hydrogen) atoms. The van der Waals surface area contributed by atoms with Crippen molar-refractivity contribution in [3.8, 4) is 11.5 Å². The molecule has 0 unspecified atom stereocenters. The first kappa shape index (κ1) is 21.3. The fraction of sp³-hybridized carbons (Fsp3) is 0.520. The summed E-state index contributed by atoms with van der Waals surface area (Å²) < 4.78 is 13.5. The van der Waals surface area contributed by atoms with E-state index in [2.05, 4.69) is 91.8 Å². The Hall–Kier alpha value is -1.43. The van der Waals surface area contributed by atoms with Gasteiger partial charge in [0, 0.05) is 6.42 Å². The average molecular weight is 395 g/mol. The van der Waals surface area contributed by atoms with Crippen molar-refractivity contribution in [2.24, 2.45) is 5.92 Å². The Bertz CT molecular complexity index is 775. The van der Waals surface area contributed by atoms with Crippen molar-refractivity contribution in [3.63, 3.8) is 0 Å². The first-order chi connectivity index (χ1) is 13.0. The second-order valence-corrected chi connectivity index (χ2v) is 12.4. The molecule has 0 fully saturated rings. The summed E-state index contributed by atoms with van der Waals surface area (Å²) in [5.41, 5.74) is 5.21. The molecule has 0 aliphatic carbocycles. The molecule has 1 aliphatic rings. The number of hydrogen-bond donors (Lipinski definition) is 0. The van der Waals surface area contributed by atoms with Gasteiger partial charge in [0.2, 0.25) is 0 Å². The van der Waals surface area contributed by atoms with Crippen molar-refractivity contribution >= 4 is 14.8 Å². The van der Waals surface area contributed by atoms with Crippen molar-refractivity contribution in [1.29, 1.82) is 0 Å². The third-order valence-corrected chi connectivity index (χ3v) is 7.68. The molecule has 0 atom stereocenters. The van der Waals surface area contributed by atoms with Crippen LogP contribution in [0.4, 0.5) is 0 Å². The van der Waals surface area contributed by atoms with E-state index in [1.54, 1.807) is 0 Å².